The lowest BCUT2D eigenvalue weighted by molar-refractivity contribution is -0.147. The first-order chi connectivity index (χ1) is 15.8. The molecule has 33 heavy (non-hydrogen) atoms. The zero-order valence-electron chi connectivity index (χ0n) is 18.6. The summed E-state index contributed by atoms with van der Waals surface area (Å²) in [5.41, 5.74) is 2.52. The van der Waals surface area contributed by atoms with E-state index in [2.05, 4.69) is 26.6 Å². The second-order valence-corrected chi connectivity index (χ2v) is 8.14. The van der Waals surface area contributed by atoms with E-state index in [4.69, 9.17) is 9.47 Å². The molecule has 0 aromatic heterocycles. The molecule has 0 aliphatic carbocycles. The van der Waals surface area contributed by atoms with Gasteiger partial charge in [-0.05, 0) is 67.8 Å². The van der Waals surface area contributed by atoms with Gasteiger partial charge in [0.15, 0.2) is 6.61 Å². The van der Waals surface area contributed by atoms with Crippen LogP contribution in [0.4, 0.5) is 11.4 Å². The van der Waals surface area contributed by atoms with E-state index >= 15 is 0 Å². The first-order valence-electron chi connectivity index (χ1n) is 10.6. The molecule has 0 heterocycles. The molecule has 2 N–H and O–H groups in total. The van der Waals surface area contributed by atoms with Gasteiger partial charge in [0.1, 0.15) is 0 Å². The van der Waals surface area contributed by atoms with Crippen LogP contribution in [0, 0.1) is 6.92 Å². The molecular formula is C24H27BrN2O6. The molecule has 2 aromatic carbocycles. The fraction of sp³-hybridized carbons (Fsp3) is 0.333. The minimum absolute atomic E-state index is 0.0142. The average Bonchev–Trinajstić information content (AvgIpc) is 2.79. The number of amides is 2. The molecule has 2 amide bonds. The van der Waals surface area contributed by atoms with Gasteiger partial charge in [0.05, 0.1) is 12.2 Å². The summed E-state index contributed by atoms with van der Waals surface area (Å²) in [6.07, 6.45) is 1.14. The van der Waals surface area contributed by atoms with Crippen molar-refractivity contribution in [2.24, 2.45) is 0 Å². The normalized spacial score (nSPS) is 10.3. The van der Waals surface area contributed by atoms with Crippen LogP contribution in [0.1, 0.15) is 48.5 Å². The Kier molecular flexibility index (Phi) is 10.6. The number of aryl methyl sites for hydroxylation is 1. The molecule has 0 atom stereocenters. The van der Waals surface area contributed by atoms with Gasteiger partial charge in [-0.25, -0.2) is 4.79 Å². The standard InChI is InChI=1S/C24H27BrN2O6/c1-3-13-32-24(31)17-7-9-18(10-8-17)26-21(28)5-4-6-23(30)33-15-22(29)27-19-11-12-20(25)16(2)14-19/h7-12,14H,3-6,13,15H2,1-2H3,(H,26,28)(H,27,29). The average molecular weight is 519 g/mol. The predicted molar refractivity (Wildman–Crippen MR) is 128 cm³/mol. The molecular weight excluding hydrogens is 492 g/mol. The van der Waals surface area contributed by atoms with E-state index in [0.717, 1.165) is 16.5 Å². The van der Waals surface area contributed by atoms with Crippen molar-refractivity contribution in [3.05, 3.63) is 58.1 Å². The SMILES string of the molecule is CCCOC(=O)c1ccc(NC(=O)CCCC(=O)OCC(=O)Nc2ccc(Br)c(C)c2)cc1. The Labute approximate surface area is 201 Å². The maximum absolute atomic E-state index is 12.1. The van der Waals surface area contributed by atoms with Gasteiger partial charge in [0.2, 0.25) is 5.91 Å². The molecule has 8 nitrogen and oxygen atoms in total. The van der Waals surface area contributed by atoms with E-state index in [-0.39, 0.29) is 25.2 Å². The van der Waals surface area contributed by atoms with Gasteiger partial charge in [-0.3, -0.25) is 14.4 Å². The van der Waals surface area contributed by atoms with Gasteiger partial charge in [-0.2, -0.15) is 0 Å². The van der Waals surface area contributed by atoms with Crippen LogP contribution in [0.2, 0.25) is 0 Å². The summed E-state index contributed by atoms with van der Waals surface area (Å²) in [6, 6.07) is 11.7. The van der Waals surface area contributed by atoms with Gasteiger partial charge in [-0.1, -0.05) is 22.9 Å². The van der Waals surface area contributed by atoms with E-state index in [0.29, 0.717) is 23.5 Å². The molecule has 2 aromatic rings. The lowest BCUT2D eigenvalue weighted by Gasteiger charge is -2.08. The molecule has 0 saturated carbocycles. The Morgan fingerprint density at radius 3 is 2.21 bits per heavy atom. The van der Waals surface area contributed by atoms with Gasteiger partial charge >= 0.3 is 11.9 Å². The Hall–Kier alpha value is -3.20. The number of carbonyl (C=O) groups is 4. The Bertz CT molecular complexity index is 991. The first kappa shape index (κ1) is 26.1. The fourth-order valence-electron chi connectivity index (χ4n) is 2.72. The molecule has 0 aliphatic rings. The fourth-order valence-corrected chi connectivity index (χ4v) is 2.97. The van der Waals surface area contributed by atoms with E-state index in [1.807, 2.05) is 19.9 Å². The van der Waals surface area contributed by atoms with Crippen LogP contribution < -0.4 is 10.6 Å². The van der Waals surface area contributed by atoms with Crippen molar-refractivity contribution >= 4 is 51.1 Å². The van der Waals surface area contributed by atoms with Crippen molar-refractivity contribution in [3.63, 3.8) is 0 Å². The highest BCUT2D eigenvalue weighted by molar-refractivity contribution is 9.10. The molecule has 2 rings (SSSR count). The van der Waals surface area contributed by atoms with E-state index in [1.54, 1.807) is 36.4 Å². The molecule has 0 fully saturated rings. The van der Waals surface area contributed by atoms with Crippen LogP contribution in [0.15, 0.2) is 46.9 Å². The zero-order chi connectivity index (χ0) is 24.2. The molecule has 0 unspecified atom stereocenters. The highest BCUT2D eigenvalue weighted by atomic mass is 79.9. The summed E-state index contributed by atoms with van der Waals surface area (Å²) in [6.45, 7) is 3.77. The topological polar surface area (TPSA) is 111 Å². The number of anilines is 2. The first-order valence-corrected chi connectivity index (χ1v) is 11.4. The van der Waals surface area contributed by atoms with Gasteiger partial charge < -0.3 is 20.1 Å². The molecule has 0 radical (unpaired) electrons. The number of carbonyl (C=O) groups excluding carboxylic acids is 4. The summed E-state index contributed by atoms with van der Waals surface area (Å²) in [4.78, 5) is 47.6. The van der Waals surface area contributed by atoms with Crippen LogP contribution in [0.3, 0.4) is 0 Å². The number of hydrogen-bond acceptors (Lipinski definition) is 6. The number of benzene rings is 2. The smallest absolute Gasteiger partial charge is 0.338 e. The maximum atomic E-state index is 12.1. The van der Waals surface area contributed by atoms with E-state index in [9.17, 15) is 19.2 Å². The number of rotatable bonds is 11. The van der Waals surface area contributed by atoms with E-state index < -0.39 is 24.5 Å². The number of nitrogens with one attached hydrogen (secondary N) is 2. The summed E-state index contributed by atoms with van der Waals surface area (Å²) in [5.74, 6) is -1.67. The van der Waals surface area contributed by atoms with Crippen LogP contribution in [-0.4, -0.2) is 37.0 Å². The molecule has 0 aliphatic heterocycles. The van der Waals surface area contributed by atoms with Crippen LogP contribution >= 0.6 is 15.9 Å². The minimum atomic E-state index is -0.556. The molecule has 0 bridgehead atoms. The summed E-state index contributed by atoms with van der Waals surface area (Å²) < 4.78 is 10.9. The van der Waals surface area contributed by atoms with Crippen molar-refractivity contribution in [2.45, 2.75) is 39.5 Å². The van der Waals surface area contributed by atoms with Crippen molar-refractivity contribution in [3.8, 4) is 0 Å². The monoisotopic (exact) mass is 518 g/mol. The molecule has 0 saturated heterocycles. The Balaban J connectivity index is 1.65. The third-order valence-corrected chi connectivity index (χ3v) is 5.32. The summed E-state index contributed by atoms with van der Waals surface area (Å²) >= 11 is 3.39. The van der Waals surface area contributed by atoms with Crippen molar-refractivity contribution in [1.29, 1.82) is 0 Å². The second-order valence-electron chi connectivity index (χ2n) is 7.29. The van der Waals surface area contributed by atoms with Crippen LogP contribution in [0.5, 0.6) is 0 Å². The molecule has 0 spiro atoms. The predicted octanol–water partition coefficient (Wildman–Crippen LogP) is 4.62. The zero-order valence-corrected chi connectivity index (χ0v) is 20.2. The largest absolute Gasteiger partial charge is 0.462 e. The maximum Gasteiger partial charge on any atom is 0.338 e. The van der Waals surface area contributed by atoms with Crippen molar-refractivity contribution in [1.82, 2.24) is 0 Å². The van der Waals surface area contributed by atoms with E-state index in [1.165, 1.54) is 0 Å². The number of halogens is 1. The third kappa shape index (κ3) is 9.44. The molecule has 176 valence electrons. The van der Waals surface area contributed by atoms with Gasteiger partial charge in [-0.15, -0.1) is 0 Å². The number of ether oxygens (including phenoxy) is 2. The second kappa shape index (κ2) is 13.4. The number of hydrogen-bond donors (Lipinski definition) is 2. The van der Waals surface area contributed by atoms with Crippen LogP contribution in [-0.2, 0) is 23.9 Å². The van der Waals surface area contributed by atoms with Crippen molar-refractivity contribution in [2.75, 3.05) is 23.8 Å². The number of esters is 2. The highest BCUT2D eigenvalue weighted by Crippen LogP contribution is 2.20. The third-order valence-electron chi connectivity index (χ3n) is 4.43. The summed E-state index contributed by atoms with van der Waals surface area (Å²) in [7, 11) is 0. The lowest BCUT2D eigenvalue weighted by Crippen LogP contribution is -2.21. The highest BCUT2D eigenvalue weighted by Gasteiger charge is 2.11. The molecule has 9 heteroatoms. The Morgan fingerprint density at radius 2 is 1.55 bits per heavy atom. The van der Waals surface area contributed by atoms with Crippen LogP contribution in [0.25, 0.3) is 0 Å². The lowest BCUT2D eigenvalue weighted by atomic mass is 10.2. The summed E-state index contributed by atoms with van der Waals surface area (Å²) in [5, 5.41) is 5.36. The van der Waals surface area contributed by atoms with Gasteiger partial charge in [0, 0.05) is 28.7 Å². The Morgan fingerprint density at radius 1 is 0.879 bits per heavy atom. The quantitative estimate of drug-likeness (QED) is 0.420. The van der Waals surface area contributed by atoms with Crippen molar-refractivity contribution < 1.29 is 28.7 Å². The minimum Gasteiger partial charge on any atom is -0.462 e. The van der Waals surface area contributed by atoms with Gasteiger partial charge in [0.25, 0.3) is 5.91 Å².